The molecule has 3 aromatic rings. The van der Waals surface area contributed by atoms with Crippen LogP contribution in [0.15, 0.2) is 71.8 Å². The van der Waals surface area contributed by atoms with Crippen LogP contribution >= 0.6 is 11.6 Å². The van der Waals surface area contributed by atoms with Gasteiger partial charge in [0.05, 0.1) is 26.0 Å². The fourth-order valence-corrected chi connectivity index (χ4v) is 4.30. The Labute approximate surface area is 180 Å². The number of rotatable bonds is 4. The lowest BCUT2D eigenvalue weighted by atomic mass is 9.96. The van der Waals surface area contributed by atoms with E-state index in [0.717, 1.165) is 34.6 Å². The van der Waals surface area contributed by atoms with Crippen LogP contribution in [-0.2, 0) is 0 Å². The first kappa shape index (κ1) is 18.8. The molecule has 2 atom stereocenters. The largest absolute Gasteiger partial charge is 0.493 e. The molecule has 0 spiro atoms. The summed E-state index contributed by atoms with van der Waals surface area (Å²) < 4.78 is 17.2. The molecule has 0 saturated heterocycles. The zero-order valence-electron chi connectivity index (χ0n) is 16.7. The molecule has 0 N–H and O–H groups in total. The number of hydrazone groups is 1. The summed E-state index contributed by atoms with van der Waals surface area (Å²) in [6, 6.07) is 21.9. The Kier molecular flexibility index (Phi) is 4.75. The van der Waals surface area contributed by atoms with Gasteiger partial charge in [-0.15, -0.1) is 0 Å². The Bertz CT molecular complexity index is 1130. The summed E-state index contributed by atoms with van der Waals surface area (Å²) in [4.78, 5) is 0. The molecule has 2 aliphatic rings. The summed E-state index contributed by atoms with van der Waals surface area (Å²) in [5.41, 5.74) is 4.09. The van der Waals surface area contributed by atoms with Crippen molar-refractivity contribution in [1.29, 1.82) is 0 Å². The van der Waals surface area contributed by atoms with Crippen LogP contribution in [0.5, 0.6) is 17.2 Å². The molecular formula is C24H21ClN2O3. The quantitative estimate of drug-likeness (QED) is 0.551. The van der Waals surface area contributed by atoms with Crippen LogP contribution in [0.25, 0.3) is 0 Å². The first-order valence-electron chi connectivity index (χ1n) is 9.77. The van der Waals surface area contributed by atoms with Crippen molar-refractivity contribution in [3.05, 3.63) is 88.4 Å². The zero-order chi connectivity index (χ0) is 20.7. The summed E-state index contributed by atoms with van der Waals surface area (Å²) >= 11 is 6.26. The first-order valence-corrected chi connectivity index (χ1v) is 10.1. The fourth-order valence-electron chi connectivity index (χ4n) is 4.10. The standard InChI is InChI=1S/C24H21ClN2O3/c1-28-22-11-10-15(13-23(22)29-2)19-14-20-18-8-3-4-9-21(18)30-24(27(20)26-19)16-6-5-7-17(25)12-16/h3-13,20,24H,14H2,1-2H3/t20-,24-/m1/s1. The van der Waals surface area contributed by atoms with Gasteiger partial charge in [-0.3, -0.25) is 0 Å². The van der Waals surface area contributed by atoms with Crippen molar-refractivity contribution in [2.75, 3.05) is 14.2 Å². The second-order valence-corrected chi connectivity index (χ2v) is 7.72. The number of ether oxygens (including phenoxy) is 3. The maximum Gasteiger partial charge on any atom is 0.213 e. The van der Waals surface area contributed by atoms with E-state index in [9.17, 15) is 0 Å². The number of halogens is 1. The Morgan fingerprint density at radius 2 is 1.80 bits per heavy atom. The summed E-state index contributed by atoms with van der Waals surface area (Å²) in [6.45, 7) is 0. The van der Waals surface area contributed by atoms with Crippen LogP contribution < -0.4 is 14.2 Å². The highest BCUT2D eigenvalue weighted by molar-refractivity contribution is 6.30. The van der Waals surface area contributed by atoms with Gasteiger partial charge in [-0.2, -0.15) is 5.10 Å². The van der Waals surface area contributed by atoms with E-state index in [4.69, 9.17) is 30.9 Å². The van der Waals surface area contributed by atoms with Crippen molar-refractivity contribution in [1.82, 2.24) is 5.01 Å². The summed E-state index contributed by atoms with van der Waals surface area (Å²) in [6.07, 6.45) is 0.425. The van der Waals surface area contributed by atoms with Crippen LogP contribution in [0.2, 0.25) is 5.02 Å². The van der Waals surface area contributed by atoms with Crippen molar-refractivity contribution < 1.29 is 14.2 Å². The first-order chi connectivity index (χ1) is 14.7. The molecule has 2 heterocycles. The van der Waals surface area contributed by atoms with Crippen LogP contribution in [-0.4, -0.2) is 24.9 Å². The summed E-state index contributed by atoms with van der Waals surface area (Å²) in [7, 11) is 3.27. The number of hydrogen-bond donors (Lipinski definition) is 0. The average Bonchev–Trinajstić information content (AvgIpc) is 3.24. The Hall–Kier alpha value is -3.18. The molecule has 0 aromatic heterocycles. The van der Waals surface area contributed by atoms with E-state index in [1.54, 1.807) is 14.2 Å². The van der Waals surface area contributed by atoms with Crippen molar-refractivity contribution >= 4 is 17.3 Å². The van der Waals surface area contributed by atoms with Gasteiger partial charge in [-0.25, -0.2) is 5.01 Å². The van der Waals surface area contributed by atoms with Crippen LogP contribution in [0.1, 0.15) is 35.4 Å². The van der Waals surface area contributed by atoms with E-state index >= 15 is 0 Å². The van der Waals surface area contributed by atoms with Gasteiger partial charge in [-0.05, 0) is 36.4 Å². The minimum Gasteiger partial charge on any atom is -0.493 e. The average molecular weight is 421 g/mol. The molecule has 0 unspecified atom stereocenters. The summed E-state index contributed by atoms with van der Waals surface area (Å²) in [5, 5.41) is 7.70. The highest BCUT2D eigenvalue weighted by atomic mass is 35.5. The second-order valence-electron chi connectivity index (χ2n) is 7.28. The van der Waals surface area contributed by atoms with Gasteiger partial charge < -0.3 is 14.2 Å². The molecule has 2 aliphatic heterocycles. The molecule has 0 radical (unpaired) electrons. The van der Waals surface area contributed by atoms with Crippen molar-refractivity contribution in [2.45, 2.75) is 18.7 Å². The van der Waals surface area contributed by atoms with E-state index in [0.29, 0.717) is 16.5 Å². The van der Waals surface area contributed by atoms with Gasteiger partial charge >= 0.3 is 0 Å². The Morgan fingerprint density at radius 1 is 0.967 bits per heavy atom. The maximum atomic E-state index is 6.37. The lowest BCUT2D eigenvalue weighted by Gasteiger charge is -2.38. The fraction of sp³-hybridized carbons (Fsp3) is 0.208. The molecule has 3 aromatic carbocycles. The third-order valence-corrected chi connectivity index (χ3v) is 5.78. The Balaban J connectivity index is 1.58. The third kappa shape index (κ3) is 3.15. The van der Waals surface area contributed by atoms with E-state index in [2.05, 4.69) is 6.07 Å². The van der Waals surface area contributed by atoms with E-state index < -0.39 is 0 Å². The van der Waals surface area contributed by atoms with E-state index in [1.165, 1.54) is 0 Å². The highest BCUT2D eigenvalue weighted by Gasteiger charge is 2.41. The van der Waals surface area contributed by atoms with E-state index in [1.807, 2.05) is 65.7 Å². The summed E-state index contributed by atoms with van der Waals surface area (Å²) in [5.74, 6) is 2.26. The zero-order valence-corrected chi connectivity index (χ0v) is 17.5. The van der Waals surface area contributed by atoms with E-state index in [-0.39, 0.29) is 12.3 Å². The smallest absolute Gasteiger partial charge is 0.213 e. The van der Waals surface area contributed by atoms with Crippen LogP contribution in [0, 0.1) is 0 Å². The van der Waals surface area contributed by atoms with Gasteiger partial charge in [0.1, 0.15) is 5.75 Å². The van der Waals surface area contributed by atoms with Gasteiger partial charge in [0, 0.05) is 28.1 Å². The topological polar surface area (TPSA) is 43.3 Å². The molecule has 0 saturated carbocycles. The van der Waals surface area contributed by atoms with Gasteiger partial charge in [0.2, 0.25) is 6.23 Å². The predicted octanol–water partition coefficient (Wildman–Crippen LogP) is 5.60. The number of fused-ring (bicyclic) bond motifs is 3. The molecule has 152 valence electrons. The van der Waals surface area contributed by atoms with Gasteiger partial charge in [0.25, 0.3) is 0 Å². The van der Waals surface area contributed by atoms with Crippen molar-refractivity contribution in [3.63, 3.8) is 0 Å². The van der Waals surface area contributed by atoms with Gasteiger partial charge in [-0.1, -0.05) is 41.9 Å². The minimum atomic E-state index is -0.346. The van der Waals surface area contributed by atoms with Gasteiger partial charge in [0.15, 0.2) is 11.5 Å². The number of nitrogens with zero attached hydrogens (tertiary/aromatic N) is 2. The highest BCUT2D eigenvalue weighted by Crippen LogP contribution is 2.47. The number of hydrogen-bond acceptors (Lipinski definition) is 5. The Morgan fingerprint density at radius 3 is 2.60 bits per heavy atom. The number of methoxy groups -OCH3 is 2. The van der Waals surface area contributed by atoms with Crippen LogP contribution in [0.4, 0.5) is 0 Å². The van der Waals surface area contributed by atoms with Crippen LogP contribution in [0.3, 0.4) is 0 Å². The maximum absolute atomic E-state index is 6.37. The molecule has 0 amide bonds. The predicted molar refractivity (Wildman–Crippen MR) is 117 cm³/mol. The SMILES string of the molecule is COc1ccc(C2=NN3[C@H](C2)c2ccccc2O[C@@H]3c2cccc(Cl)c2)cc1OC. The second kappa shape index (κ2) is 7.58. The molecule has 0 bridgehead atoms. The molecule has 0 fully saturated rings. The number of benzene rings is 3. The monoisotopic (exact) mass is 420 g/mol. The molecular weight excluding hydrogens is 400 g/mol. The molecule has 30 heavy (non-hydrogen) atoms. The molecule has 6 heteroatoms. The molecule has 5 nitrogen and oxygen atoms in total. The third-order valence-electron chi connectivity index (χ3n) is 5.55. The molecule has 0 aliphatic carbocycles. The molecule has 5 rings (SSSR count). The van der Waals surface area contributed by atoms with Crippen molar-refractivity contribution in [3.8, 4) is 17.2 Å². The minimum absolute atomic E-state index is 0.0852. The lowest BCUT2D eigenvalue weighted by molar-refractivity contribution is -0.0190. The van der Waals surface area contributed by atoms with Crippen molar-refractivity contribution in [2.24, 2.45) is 5.10 Å². The lowest BCUT2D eigenvalue weighted by Crippen LogP contribution is -2.33. The number of para-hydroxylation sites is 1. The normalized spacial score (nSPS) is 19.4.